The van der Waals surface area contributed by atoms with Crippen LogP contribution in [0.2, 0.25) is 0 Å². The summed E-state index contributed by atoms with van der Waals surface area (Å²) in [5.74, 6) is 0. The number of hydrogen-bond donors (Lipinski definition) is 1. The molecule has 1 heterocycles. The van der Waals surface area contributed by atoms with E-state index in [-0.39, 0.29) is 34.3 Å². The van der Waals surface area contributed by atoms with Crippen molar-refractivity contribution in [3.05, 3.63) is 24.3 Å². The van der Waals surface area contributed by atoms with Crippen LogP contribution in [0.15, 0.2) is 34.1 Å². The summed E-state index contributed by atoms with van der Waals surface area (Å²) in [5.41, 5.74) is 5.97. The minimum atomic E-state index is -3.96. The van der Waals surface area contributed by atoms with Gasteiger partial charge in [-0.15, -0.1) is 12.4 Å². The molecule has 0 aromatic heterocycles. The lowest BCUT2D eigenvalue weighted by atomic mass is 10.00. The summed E-state index contributed by atoms with van der Waals surface area (Å²) in [7, 11) is -5.07. The summed E-state index contributed by atoms with van der Waals surface area (Å²) in [5, 5.41) is 0. The summed E-state index contributed by atoms with van der Waals surface area (Å²) in [4.78, 5) is -0.393. The lowest BCUT2D eigenvalue weighted by Gasteiger charge is -2.37. The summed E-state index contributed by atoms with van der Waals surface area (Å²) < 4.78 is 53.8. The molecule has 0 spiro atoms. The zero-order valence-electron chi connectivity index (χ0n) is 14.6. The Labute approximate surface area is 156 Å². The SMILES string of the molecule is CC(N)C1CCCCN1S(=O)(=O)c1ccccc1S(=O)(=O)N(C)C.Cl. The standard InChI is InChI=1S/C15H25N3O4S2.ClH/c1-12(16)13-8-6-7-11-18(13)24(21,22)15-10-5-4-9-14(15)23(19,20)17(2)3;/h4-5,9-10,12-13H,6-8,11,16H2,1-3H3;1H. The van der Waals surface area contributed by atoms with Gasteiger partial charge >= 0.3 is 0 Å². The molecule has 25 heavy (non-hydrogen) atoms. The molecule has 1 aliphatic heterocycles. The van der Waals surface area contributed by atoms with Crippen LogP contribution in [0.25, 0.3) is 0 Å². The van der Waals surface area contributed by atoms with Gasteiger partial charge in [0.05, 0.1) is 0 Å². The summed E-state index contributed by atoms with van der Waals surface area (Å²) >= 11 is 0. The Morgan fingerprint density at radius 2 is 1.68 bits per heavy atom. The second-order valence-corrected chi connectivity index (χ2v) is 10.3. The maximum absolute atomic E-state index is 13.2. The molecule has 144 valence electrons. The first-order chi connectivity index (χ1) is 11.1. The van der Waals surface area contributed by atoms with Crippen LogP contribution in [0.3, 0.4) is 0 Å². The Balaban J connectivity index is 0.00000312. The Hall–Kier alpha value is -0.710. The highest BCUT2D eigenvalue weighted by atomic mass is 35.5. The second kappa shape index (κ2) is 8.32. The van der Waals surface area contributed by atoms with Crippen LogP contribution in [0.4, 0.5) is 0 Å². The molecule has 10 heteroatoms. The average molecular weight is 412 g/mol. The lowest BCUT2D eigenvalue weighted by Crippen LogP contribution is -2.51. The number of halogens is 1. The first-order valence-corrected chi connectivity index (χ1v) is 10.8. The molecule has 1 fully saturated rings. The lowest BCUT2D eigenvalue weighted by molar-refractivity contribution is 0.227. The zero-order valence-corrected chi connectivity index (χ0v) is 17.1. The van der Waals surface area contributed by atoms with Crippen molar-refractivity contribution >= 4 is 32.5 Å². The first-order valence-electron chi connectivity index (χ1n) is 7.89. The van der Waals surface area contributed by atoms with Gasteiger partial charge in [0.25, 0.3) is 0 Å². The maximum atomic E-state index is 13.2. The predicted molar refractivity (Wildman–Crippen MR) is 99.7 cm³/mol. The number of hydrogen-bond acceptors (Lipinski definition) is 5. The first kappa shape index (κ1) is 22.3. The summed E-state index contributed by atoms with van der Waals surface area (Å²) in [6, 6.07) is 5.09. The molecule has 1 aromatic carbocycles. The van der Waals surface area contributed by atoms with Gasteiger partial charge in [0.1, 0.15) is 9.79 Å². The molecule has 0 amide bonds. The van der Waals surface area contributed by atoms with E-state index < -0.39 is 20.0 Å². The van der Waals surface area contributed by atoms with E-state index in [0.717, 1.165) is 17.1 Å². The molecule has 0 bridgehead atoms. The van der Waals surface area contributed by atoms with E-state index in [1.807, 2.05) is 0 Å². The third-order valence-corrected chi connectivity index (χ3v) is 8.28. The molecule has 7 nitrogen and oxygen atoms in total. The largest absolute Gasteiger partial charge is 0.326 e. The molecular formula is C15H26ClN3O4S2. The third kappa shape index (κ3) is 4.35. The van der Waals surface area contributed by atoms with Crippen molar-refractivity contribution in [2.45, 2.75) is 48.1 Å². The molecule has 2 atom stereocenters. The van der Waals surface area contributed by atoms with Gasteiger partial charge in [-0.3, -0.25) is 0 Å². The normalized spacial score (nSPS) is 20.9. The quantitative estimate of drug-likeness (QED) is 0.785. The Morgan fingerprint density at radius 3 is 2.20 bits per heavy atom. The van der Waals surface area contributed by atoms with Crippen molar-refractivity contribution in [2.75, 3.05) is 20.6 Å². The molecule has 0 radical (unpaired) electrons. The highest BCUT2D eigenvalue weighted by molar-refractivity contribution is 7.92. The molecule has 1 aromatic rings. The fourth-order valence-electron chi connectivity index (χ4n) is 2.95. The maximum Gasteiger partial charge on any atom is 0.244 e. The highest BCUT2D eigenvalue weighted by Crippen LogP contribution is 2.30. The van der Waals surface area contributed by atoms with E-state index in [2.05, 4.69) is 0 Å². The van der Waals surface area contributed by atoms with E-state index in [9.17, 15) is 16.8 Å². The number of sulfonamides is 2. The average Bonchev–Trinajstić information content (AvgIpc) is 2.54. The number of benzene rings is 1. The number of piperidine rings is 1. The number of rotatable bonds is 5. The van der Waals surface area contributed by atoms with Crippen LogP contribution >= 0.6 is 12.4 Å². The van der Waals surface area contributed by atoms with Crippen molar-refractivity contribution in [3.63, 3.8) is 0 Å². The fraction of sp³-hybridized carbons (Fsp3) is 0.600. The summed E-state index contributed by atoms with van der Waals surface area (Å²) in [6.45, 7) is 2.13. The summed E-state index contributed by atoms with van der Waals surface area (Å²) in [6.07, 6.45) is 2.33. The van der Waals surface area contributed by atoms with Crippen LogP contribution in [0.1, 0.15) is 26.2 Å². The van der Waals surface area contributed by atoms with Gasteiger partial charge < -0.3 is 5.73 Å². The molecule has 2 N–H and O–H groups in total. The monoisotopic (exact) mass is 411 g/mol. The van der Waals surface area contributed by atoms with E-state index in [4.69, 9.17) is 5.73 Å². The van der Waals surface area contributed by atoms with Gasteiger partial charge in [0, 0.05) is 32.7 Å². The fourth-order valence-corrected chi connectivity index (χ4v) is 6.40. The van der Waals surface area contributed by atoms with Crippen molar-refractivity contribution in [2.24, 2.45) is 5.73 Å². The Morgan fingerprint density at radius 1 is 1.12 bits per heavy atom. The second-order valence-electron chi connectivity index (χ2n) is 6.27. The van der Waals surface area contributed by atoms with Gasteiger partial charge in [0.2, 0.25) is 20.0 Å². The van der Waals surface area contributed by atoms with Crippen LogP contribution in [0.5, 0.6) is 0 Å². The molecule has 0 aliphatic carbocycles. The molecule has 1 aliphatic rings. The minimum absolute atomic E-state index is 0. The van der Waals surface area contributed by atoms with Gasteiger partial charge in [-0.05, 0) is 31.9 Å². The van der Waals surface area contributed by atoms with Crippen LogP contribution in [-0.4, -0.2) is 58.2 Å². The van der Waals surface area contributed by atoms with Crippen LogP contribution < -0.4 is 5.73 Å². The van der Waals surface area contributed by atoms with Crippen LogP contribution in [0, 0.1) is 0 Å². The Bertz CT molecular complexity index is 795. The van der Waals surface area contributed by atoms with E-state index in [1.165, 1.54) is 42.7 Å². The Kier molecular flexibility index (Phi) is 7.43. The van der Waals surface area contributed by atoms with Crippen molar-refractivity contribution in [3.8, 4) is 0 Å². The van der Waals surface area contributed by atoms with E-state index in [0.29, 0.717) is 13.0 Å². The predicted octanol–water partition coefficient (Wildman–Crippen LogP) is 1.25. The highest BCUT2D eigenvalue weighted by Gasteiger charge is 2.38. The van der Waals surface area contributed by atoms with Gasteiger partial charge in [-0.2, -0.15) is 4.31 Å². The minimum Gasteiger partial charge on any atom is -0.326 e. The molecule has 2 rings (SSSR count). The van der Waals surface area contributed by atoms with E-state index in [1.54, 1.807) is 6.92 Å². The number of nitrogens with zero attached hydrogens (tertiary/aromatic N) is 2. The van der Waals surface area contributed by atoms with Gasteiger partial charge in [-0.25, -0.2) is 21.1 Å². The topological polar surface area (TPSA) is 101 Å². The zero-order chi connectivity index (χ0) is 18.1. The molecular weight excluding hydrogens is 386 g/mol. The molecule has 0 saturated carbocycles. The van der Waals surface area contributed by atoms with Crippen molar-refractivity contribution in [1.29, 1.82) is 0 Å². The van der Waals surface area contributed by atoms with Gasteiger partial charge in [0.15, 0.2) is 0 Å². The van der Waals surface area contributed by atoms with Crippen molar-refractivity contribution in [1.82, 2.24) is 8.61 Å². The third-order valence-electron chi connectivity index (χ3n) is 4.30. The van der Waals surface area contributed by atoms with Crippen LogP contribution in [-0.2, 0) is 20.0 Å². The number of nitrogens with two attached hydrogens (primary N) is 1. The van der Waals surface area contributed by atoms with E-state index >= 15 is 0 Å². The molecule has 2 unspecified atom stereocenters. The smallest absolute Gasteiger partial charge is 0.244 e. The van der Waals surface area contributed by atoms with Gasteiger partial charge in [-0.1, -0.05) is 18.6 Å². The molecule has 1 saturated heterocycles. The van der Waals surface area contributed by atoms with Crippen molar-refractivity contribution < 1.29 is 16.8 Å².